The van der Waals surface area contributed by atoms with Crippen LogP contribution in [0.3, 0.4) is 0 Å². The molecule has 0 saturated heterocycles. The molecule has 5 nitrogen and oxygen atoms in total. The van der Waals surface area contributed by atoms with Crippen LogP contribution in [0, 0.1) is 5.82 Å². The second-order valence-electron chi connectivity index (χ2n) is 3.94. The van der Waals surface area contributed by atoms with Crippen LogP contribution in [-0.4, -0.2) is 18.0 Å². The lowest BCUT2D eigenvalue weighted by molar-refractivity contribution is 0.0538. The van der Waals surface area contributed by atoms with E-state index in [1.807, 2.05) is 0 Å². The van der Waals surface area contributed by atoms with Gasteiger partial charge in [-0.15, -0.1) is 0 Å². The molecule has 1 aromatic carbocycles. The standard InChI is InChI=1S/C13H10Cl2FN3O2/c1-21-19-13(20)8-3-2-7(16)4-10(8)18-11-5-12(15)17-6-9(11)14/h2-6H,1H3,(H,17,18)(H,19,20). The second-order valence-corrected chi connectivity index (χ2v) is 4.73. The van der Waals surface area contributed by atoms with Gasteiger partial charge in [-0.3, -0.25) is 9.63 Å². The molecule has 0 bridgehead atoms. The smallest absolute Gasteiger partial charge is 0.276 e. The molecule has 21 heavy (non-hydrogen) atoms. The van der Waals surface area contributed by atoms with E-state index < -0.39 is 11.7 Å². The largest absolute Gasteiger partial charge is 0.353 e. The molecule has 2 N–H and O–H groups in total. The van der Waals surface area contributed by atoms with Gasteiger partial charge < -0.3 is 5.32 Å². The van der Waals surface area contributed by atoms with E-state index in [0.717, 1.165) is 12.1 Å². The van der Waals surface area contributed by atoms with E-state index in [9.17, 15) is 9.18 Å². The molecule has 110 valence electrons. The number of hydrogen-bond acceptors (Lipinski definition) is 4. The molecule has 0 saturated carbocycles. The van der Waals surface area contributed by atoms with Gasteiger partial charge in [0, 0.05) is 12.3 Å². The molecule has 0 unspecified atom stereocenters. The number of amides is 1. The molecule has 0 radical (unpaired) electrons. The minimum atomic E-state index is -0.531. The average Bonchev–Trinajstić information content (AvgIpc) is 2.43. The molecule has 2 rings (SSSR count). The van der Waals surface area contributed by atoms with Crippen LogP contribution in [0.25, 0.3) is 0 Å². The summed E-state index contributed by atoms with van der Waals surface area (Å²) in [6.45, 7) is 0. The molecule has 8 heteroatoms. The number of nitrogens with one attached hydrogen (secondary N) is 2. The van der Waals surface area contributed by atoms with E-state index in [1.54, 1.807) is 0 Å². The van der Waals surface area contributed by atoms with Crippen molar-refractivity contribution in [2.75, 3.05) is 12.4 Å². The minimum Gasteiger partial charge on any atom is -0.353 e. The fraction of sp³-hybridized carbons (Fsp3) is 0.0769. The number of halogens is 3. The fourth-order valence-corrected chi connectivity index (χ4v) is 1.93. The Hall–Kier alpha value is -1.89. The van der Waals surface area contributed by atoms with Crippen LogP contribution in [0.15, 0.2) is 30.5 Å². The van der Waals surface area contributed by atoms with E-state index in [-0.39, 0.29) is 21.4 Å². The zero-order valence-corrected chi connectivity index (χ0v) is 12.3. The minimum absolute atomic E-state index is 0.183. The van der Waals surface area contributed by atoms with Gasteiger partial charge in [0.1, 0.15) is 11.0 Å². The van der Waals surface area contributed by atoms with Crippen molar-refractivity contribution in [3.63, 3.8) is 0 Å². The normalized spacial score (nSPS) is 10.3. The number of carbonyl (C=O) groups excluding carboxylic acids is 1. The summed E-state index contributed by atoms with van der Waals surface area (Å²) >= 11 is 11.8. The van der Waals surface area contributed by atoms with Crippen LogP contribution in [-0.2, 0) is 4.84 Å². The monoisotopic (exact) mass is 329 g/mol. The molecule has 0 aliphatic carbocycles. The van der Waals surface area contributed by atoms with Crippen molar-refractivity contribution in [1.29, 1.82) is 0 Å². The predicted octanol–water partition coefficient (Wildman–Crippen LogP) is 3.56. The summed E-state index contributed by atoms with van der Waals surface area (Å²) in [5, 5.41) is 3.34. The first kappa shape index (κ1) is 15.5. The molecule has 0 atom stereocenters. The van der Waals surface area contributed by atoms with Gasteiger partial charge in [0.15, 0.2) is 0 Å². The van der Waals surface area contributed by atoms with Gasteiger partial charge in [0.25, 0.3) is 5.91 Å². The highest BCUT2D eigenvalue weighted by atomic mass is 35.5. The molecule has 1 heterocycles. The second kappa shape index (κ2) is 6.71. The number of nitrogens with zero attached hydrogens (tertiary/aromatic N) is 1. The molecule has 0 fully saturated rings. The molecule has 0 aliphatic heterocycles. The Balaban J connectivity index is 2.40. The quantitative estimate of drug-likeness (QED) is 0.665. The van der Waals surface area contributed by atoms with E-state index in [0.29, 0.717) is 5.69 Å². The van der Waals surface area contributed by atoms with Gasteiger partial charge in [-0.05, 0) is 18.2 Å². The van der Waals surface area contributed by atoms with E-state index >= 15 is 0 Å². The third-order valence-corrected chi connectivity index (χ3v) is 3.02. The molecule has 0 spiro atoms. The average molecular weight is 330 g/mol. The van der Waals surface area contributed by atoms with Gasteiger partial charge >= 0.3 is 0 Å². The Bertz CT molecular complexity index is 682. The fourth-order valence-electron chi connectivity index (χ4n) is 1.62. The summed E-state index contributed by atoms with van der Waals surface area (Å²) in [6.07, 6.45) is 1.35. The van der Waals surface area contributed by atoms with Gasteiger partial charge in [0.05, 0.1) is 29.1 Å². The van der Waals surface area contributed by atoms with E-state index in [2.05, 4.69) is 20.6 Å². The van der Waals surface area contributed by atoms with Crippen LogP contribution in [0.2, 0.25) is 10.2 Å². The lowest BCUT2D eigenvalue weighted by atomic mass is 10.1. The van der Waals surface area contributed by atoms with Gasteiger partial charge in [0.2, 0.25) is 0 Å². The Kier molecular flexibility index (Phi) is 4.95. The summed E-state index contributed by atoms with van der Waals surface area (Å²) in [4.78, 5) is 20.2. The zero-order valence-electron chi connectivity index (χ0n) is 10.8. The first-order chi connectivity index (χ1) is 10.0. The summed E-state index contributed by atoms with van der Waals surface area (Å²) in [7, 11) is 1.30. The number of pyridine rings is 1. The molecule has 0 aliphatic rings. The van der Waals surface area contributed by atoms with Gasteiger partial charge in [-0.2, -0.15) is 0 Å². The van der Waals surface area contributed by atoms with Crippen molar-refractivity contribution in [1.82, 2.24) is 10.5 Å². The van der Waals surface area contributed by atoms with Crippen LogP contribution in [0.4, 0.5) is 15.8 Å². The lowest BCUT2D eigenvalue weighted by Gasteiger charge is -2.13. The highest BCUT2D eigenvalue weighted by Crippen LogP contribution is 2.29. The highest BCUT2D eigenvalue weighted by molar-refractivity contribution is 6.34. The Morgan fingerprint density at radius 1 is 1.29 bits per heavy atom. The maximum Gasteiger partial charge on any atom is 0.276 e. The number of hydrogen-bond donors (Lipinski definition) is 2. The Morgan fingerprint density at radius 3 is 2.76 bits per heavy atom. The van der Waals surface area contributed by atoms with Crippen LogP contribution >= 0.6 is 23.2 Å². The van der Waals surface area contributed by atoms with Crippen molar-refractivity contribution >= 4 is 40.5 Å². The van der Waals surface area contributed by atoms with E-state index in [1.165, 1.54) is 25.4 Å². The number of aromatic nitrogens is 1. The molecule has 2 aromatic rings. The number of benzene rings is 1. The number of rotatable bonds is 4. The summed E-state index contributed by atoms with van der Waals surface area (Å²) in [5.74, 6) is -1.04. The van der Waals surface area contributed by atoms with Crippen molar-refractivity contribution in [2.24, 2.45) is 0 Å². The third kappa shape index (κ3) is 3.81. The first-order valence-electron chi connectivity index (χ1n) is 5.72. The van der Waals surface area contributed by atoms with Crippen LogP contribution in [0.5, 0.6) is 0 Å². The summed E-state index contributed by atoms with van der Waals surface area (Å²) in [6, 6.07) is 5.11. The third-order valence-electron chi connectivity index (χ3n) is 2.51. The highest BCUT2D eigenvalue weighted by Gasteiger charge is 2.14. The lowest BCUT2D eigenvalue weighted by Crippen LogP contribution is -2.22. The molecular weight excluding hydrogens is 320 g/mol. The van der Waals surface area contributed by atoms with Crippen molar-refractivity contribution < 1.29 is 14.0 Å². The van der Waals surface area contributed by atoms with Crippen LogP contribution in [0.1, 0.15) is 10.4 Å². The Morgan fingerprint density at radius 2 is 2.05 bits per heavy atom. The van der Waals surface area contributed by atoms with Crippen molar-refractivity contribution in [2.45, 2.75) is 0 Å². The van der Waals surface area contributed by atoms with Gasteiger partial charge in [-0.1, -0.05) is 23.2 Å². The SMILES string of the molecule is CONC(=O)c1ccc(F)cc1Nc1cc(Cl)ncc1Cl. The maximum atomic E-state index is 13.4. The number of hydroxylamine groups is 1. The molecule has 1 amide bonds. The number of anilines is 2. The predicted molar refractivity (Wildman–Crippen MR) is 78.4 cm³/mol. The zero-order chi connectivity index (χ0) is 15.4. The van der Waals surface area contributed by atoms with Crippen LogP contribution < -0.4 is 10.8 Å². The maximum absolute atomic E-state index is 13.4. The van der Waals surface area contributed by atoms with Crippen molar-refractivity contribution in [3.05, 3.63) is 52.0 Å². The topological polar surface area (TPSA) is 63.2 Å². The summed E-state index contributed by atoms with van der Waals surface area (Å²) in [5.41, 5.74) is 2.96. The number of carbonyl (C=O) groups is 1. The summed E-state index contributed by atoms with van der Waals surface area (Å²) < 4.78 is 13.4. The molecule has 1 aromatic heterocycles. The van der Waals surface area contributed by atoms with Gasteiger partial charge in [-0.25, -0.2) is 14.9 Å². The first-order valence-corrected chi connectivity index (χ1v) is 6.48. The Labute approximate surface area is 130 Å². The van der Waals surface area contributed by atoms with E-state index in [4.69, 9.17) is 23.2 Å². The van der Waals surface area contributed by atoms with Crippen molar-refractivity contribution in [3.8, 4) is 0 Å². The molecular formula is C13H10Cl2FN3O2.